The van der Waals surface area contributed by atoms with E-state index in [0.29, 0.717) is 0 Å². The molecule has 10 rings (SSSR count). The van der Waals surface area contributed by atoms with Crippen LogP contribution in [0.3, 0.4) is 0 Å². The predicted octanol–water partition coefficient (Wildman–Crippen LogP) is 14.9. The van der Waals surface area contributed by atoms with Crippen LogP contribution >= 0.6 is 17.0 Å². The Hall–Kier alpha value is -4.30. The van der Waals surface area contributed by atoms with Crippen molar-refractivity contribution >= 4 is 64.2 Å². The van der Waals surface area contributed by atoms with Gasteiger partial charge in [-0.2, -0.15) is 0 Å². The summed E-state index contributed by atoms with van der Waals surface area (Å²) in [7, 11) is 19.1. The Bertz CT molecular complexity index is 3020. The first-order valence-electron chi connectivity index (χ1n) is 22.9. The molecule has 1 unspecified atom stereocenters. The third-order valence-corrected chi connectivity index (χ3v) is 54.7. The van der Waals surface area contributed by atoms with Crippen molar-refractivity contribution in [2.24, 2.45) is 0 Å². The Morgan fingerprint density at radius 2 is 1.14 bits per heavy atom. The van der Waals surface area contributed by atoms with Gasteiger partial charge in [-0.05, 0) is 0 Å². The first kappa shape index (κ1) is 42.6. The molecule has 2 aliphatic carbocycles. The summed E-state index contributed by atoms with van der Waals surface area (Å²) in [5.41, 5.74) is 14.4. The van der Waals surface area contributed by atoms with Crippen LogP contribution in [0.1, 0.15) is 98.3 Å². The molecule has 0 saturated carbocycles. The van der Waals surface area contributed by atoms with Crippen LogP contribution in [-0.4, -0.2) is 5.92 Å². The van der Waals surface area contributed by atoms with Crippen molar-refractivity contribution in [2.75, 3.05) is 0 Å². The molecule has 315 valence electrons. The average molecular weight is 956 g/mol. The summed E-state index contributed by atoms with van der Waals surface area (Å²) >= 11 is -5.74. The van der Waals surface area contributed by atoms with Crippen LogP contribution in [0, 0.1) is 0 Å². The zero-order chi connectivity index (χ0) is 43.9. The fraction of sp³-hybridized carbons (Fsp3) is 0.220. The van der Waals surface area contributed by atoms with Gasteiger partial charge in [-0.25, -0.2) is 0 Å². The molecule has 2 aliphatic rings. The van der Waals surface area contributed by atoms with Crippen molar-refractivity contribution in [3.8, 4) is 22.3 Å². The topological polar surface area (TPSA) is 0 Å². The van der Waals surface area contributed by atoms with E-state index in [1.165, 1.54) is 96.4 Å². The number of hydrogen-bond acceptors (Lipinski definition) is 0. The van der Waals surface area contributed by atoms with Gasteiger partial charge < -0.3 is 0 Å². The van der Waals surface area contributed by atoms with Crippen molar-refractivity contribution in [1.82, 2.24) is 0 Å². The molecule has 0 aliphatic heterocycles. The van der Waals surface area contributed by atoms with Gasteiger partial charge in [-0.15, -0.1) is 0 Å². The first-order valence-corrected chi connectivity index (χ1v) is 37.9. The molecule has 0 heterocycles. The Morgan fingerprint density at radius 1 is 0.571 bits per heavy atom. The molecular weight excluding hydrogens is 899 g/mol. The summed E-state index contributed by atoms with van der Waals surface area (Å²) in [6.07, 6.45) is 5.32. The molecule has 8 aromatic carbocycles. The van der Waals surface area contributed by atoms with Gasteiger partial charge in [0.05, 0.1) is 0 Å². The van der Waals surface area contributed by atoms with Gasteiger partial charge in [0.25, 0.3) is 0 Å². The normalized spacial score (nSPS) is 15.6. The van der Waals surface area contributed by atoms with Crippen LogP contribution in [0.2, 0.25) is 0 Å². The van der Waals surface area contributed by atoms with Crippen molar-refractivity contribution in [3.05, 3.63) is 203 Å². The quantitative estimate of drug-likeness (QED) is 0.105. The van der Waals surface area contributed by atoms with Crippen molar-refractivity contribution in [3.63, 3.8) is 0 Å². The maximum absolute atomic E-state index is 9.56. The fourth-order valence-corrected chi connectivity index (χ4v) is 57.2. The van der Waals surface area contributed by atoms with E-state index < -0.39 is 21.5 Å². The molecular formula is C59H57Cl2SiZr. The standard InChI is InChI=1S/C26H21.C21H25.C12H11Si.2ClH.Zr/c1-2-8-18-15-19-11-7-14-24(25(19)16-18)26-22-12-5-3-9-20(22)17-21-10-4-6-13-23(21)26;1-20(2,3)16-9-7-14-11-15-8-10-17(21(4,5)6)13-19(15)18(14)12-16;1-3-7-11(8-4-1)13-12-9-5-2-6-10-12;;;/h3-7,9-17H,2,8H2,1H3;7,9-10,12-13H,11H2,1-6H3;1-10,13H;2*1H;/q;;;;;+2/p-2. The number of fused-ring (bicyclic) bond motifs is 6. The second-order valence-electron chi connectivity index (χ2n) is 20.4. The van der Waals surface area contributed by atoms with Crippen LogP contribution < -0.4 is 13.6 Å². The average Bonchev–Trinajstić information content (AvgIpc) is 3.84. The number of halogens is 2. The molecule has 0 spiro atoms. The fourth-order valence-electron chi connectivity index (χ4n) is 11.3. The summed E-state index contributed by atoms with van der Waals surface area (Å²) < 4.78 is 1.15. The molecule has 8 aromatic rings. The van der Waals surface area contributed by atoms with Gasteiger partial charge in [0, 0.05) is 0 Å². The number of benzene rings is 8. The zero-order valence-electron chi connectivity index (χ0n) is 37.7. The molecule has 1 atom stereocenters. The third kappa shape index (κ3) is 7.02. The van der Waals surface area contributed by atoms with Gasteiger partial charge in [0.15, 0.2) is 0 Å². The molecule has 0 bridgehead atoms. The van der Waals surface area contributed by atoms with Gasteiger partial charge in [-0.1, -0.05) is 0 Å². The SMILES string of the molecule is CCCC1=Cc2c(-c3c4ccccc4cc4ccccc34)cccc2[CH]1[Zr]([Cl])([Cl])([c]1cc(C(C)(C)C)cc2c1Cc1ccc(C(C)(C)C)cc1-2)[SiH](c1ccccc1)c1ccccc1. The Labute approximate surface area is 383 Å². The van der Waals surface area contributed by atoms with E-state index in [1.54, 1.807) is 0 Å². The first-order chi connectivity index (χ1) is 30.2. The minimum atomic E-state index is -5.74. The summed E-state index contributed by atoms with van der Waals surface area (Å²) in [5.74, 6) is -2.51. The Kier molecular flexibility index (Phi) is 10.6. The number of hydrogen-bond donors (Lipinski definition) is 0. The van der Waals surface area contributed by atoms with Crippen molar-refractivity contribution in [2.45, 2.75) is 82.2 Å². The van der Waals surface area contributed by atoms with E-state index in [0.717, 1.165) is 19.3 Å². The Morgan fingerprint density at radius 3 is 1.73 bits per heavy atom. The van der Waals surface area contributed by atoms with Crippen LogP contribution in [-0.2, 0) is 32.8 Å². The molecule has 0 amide bonds. The summed E-state index contributed by atoms with van der Waals surface area (Å²) in [5, 5.41) is 7.67. The molecule has 63 heavy (non-hydrogen) atoms. The van der Waals surface area contributed by atoms with E-state index in [-0.39, 0.29) is 14.5 Å². The number of rotatable bonds is 8. The number of allylic oxidation sites excluding steroid dienone is 1. The monoisotopic (exact) mass is 953 g/mol. The molecule has 0 nitrogen and oxygen atoms in total. The molecule has 4 heteroatoms. The molecule has 0 radical (unpaired) electrons. The zero-order valence-corrected chi connectivity index (χ0v) is 42.8. The summed E-state index contributed by atoms with van der Waals surface area (Å²) in [6, 6.07) is 61.9. The van der Waals surface area contributed by atoms with Crippen LogP contribution in [0.5, 0.6) is 0 Å². The van der Waals surface area contributed by atoms with Crippen LogP contribution in [0.4, 0.5) is 0 Å². The summed E-state index contributed by atoms with van der Waals surface area (Å²) in [6.45, 7) is 16.3. The molecule has 0 aromatic heterocycles. The van der Waals surface area contributed by atoms with Crippen molar-refractivity contribution < 1.29 is 15.6 Å². The van der Waals surface area contributed by atoms with Gasteiger partial charge in [0.2, 0.25) is 0 Å². The van der Waals surface area contributed by atoms with E-state index in [1.807, 2.05) is 0 Å². The minimum absolute atomic E-state index is 0.0184. The van der Waals surface area contributed by atoms with E-state index in [9.17, 15) is 17.0 Å². The maximum atomic E-state index is 9.56. The van der Waals surface area contributed by atoms with Crippen molar-refractivity contribution in [1.29, 1.82) is 0 Å². The van der Waals surface area contributed by atoms with Gasteiger partial charge in [-0.3, -0.25) is 0 Å². The predicted molar refractivity (Wildman–Crippen MR) is 275 cm³/mol. The van der Waals surface area contributed by atoms with E-state index in [2.05, 4.69) is 218 Å². The Balaban J connectivity index is 1.35. The third-order valence-electron chi connectivity index (χ3n) is 14.3. The molecule has 0 fully saturated rings. The van der Waals surface area contributed by atoms with E-state index in [4.69, 9.17) is 0 Å². The summed E-state index contributed by atoms with van der Waals surface area (Å²) in [4.78, 5) is 0. The second-order valence-corrected chi connectivity index (χ2v) is 57.5. The van der Waals surface area contributed by atoms with Gasteiger partial charge in [0.1, 0.15) is 0 Å². The second kappa shape index (κ2) is 15.7. The van der Waals surface area contributed by atoms with Crippen LogP contribution in [0.25, 0.3) is 49.9 Å². The molecule has 0 saturated heterocycles. The molecule has 0 N–H and O–H groups in total. The van der Waals surface area contributed by atoms with Gasteiger partial charge >= 0.3 is 387 Å². The van der Waals surface area contributed by atoms with E-state index >= 15 is 0 Å². The van der Waals surface area contributed by atoms with Crippen LogP contribution in [0.15, 0.2) is 169 Å².